The van der Waals surface area contributed by atoms with Crippen molar-refractivity contribution in [3.8, 4) is 0 Å². The second-order valence-electron chi connectivity index (χ2n) is 4.08. The highest BCUT2D eigenvalue weighted by Crippen LogP contribution is 2.30. The van der Waals surface area contributed by atoms with E-state index in [9.17, 15) is 9.50 Å². The highest BCUT2D eigenvalue weighted by atomic mass is 79.9. The van der Waals surface area contributed by atoms with Crippen LogP contribution in [0.4, 0.5) is 4.39 Å². The van der Waals surface area contributed by atoms with Gasteiger partial charge in [0.05, 0.1) is 10.6 Å². The second-order valence-corrected chi connectivity index (χ2v) is 6.13. The summed E-state index contributed by atoms with van der Waals surface area (Å²) in [6.07, 6.45) is 0.843. The van der Waals surface area contributed by atoms with Crippen LogP contribution < -0.4 is 0 Å². The van der Waals surface area contributed by atoms with Gasteiger partial charge in [0.25, 0.3) is 0 Å². The average molecular weight is 329 g/mol. The fraction of sp³-hybridized carbons (Fsp3) is 0.286. The maximum atomic E-state index is 13.4. The number of rotatable bonds is 4. The highest BCUT2D eigenvalue weighted by molar-refractivity contribution is 9.10. The summed E-state index contributed by atoms with van der Waals surface area (Å²) in [6, 6.07) is 8.84. The third kappa shape index (κ3) is 2.99. The Kier molecular flexibility index (Phi) is 4.54. The van der Waals surface area contributed by atoms with Gasteiger partial charge in [-0.1, -0.05) is 19.1 Å². The van der Waals surface area contributed by atoms with Gasteiger partial charge in [-0.3, -0.25) is 0 Å². The van der Waals surface area contributed by atoms with E-state index in [0.29, 0.717) is 16.5 Å². The van der Waals surface area contributed by atoms with Crippen LogP contribution in [0.2, 0.25) is 0 Å². The van der Waals surface area contributed by atoms with Gasteiger partial charge < -0.3 is 5.11 Å². The Morgan fingerprint density at radius 3 is 2.67 bits per heavy atom. The van der Waals surface area contributed by atoms with Crippen LogP contribution in [-0.2, 0) is 12.8 Å². The molecule has 0 aliphatic carbocycles. The number of hydrogen-bond acceptors (Lipinski definition) is 2. The Morgan fingerprint density at radius 2 is 2.00 bits per heavy atom. The quantitative estimate of drug-likeness (QED) is 0.876. The third-order valence-corrected chi connectivity index (χ3v) is 4.89. The number of benzene rings is 1. The number of hydrogen-bond donors (Lipinski definition) is 1. The van der Waals surface area contributed by atoms with Crippen molar-refractivity contribution in [2.45, 2.75) is 25.9 Å². The van der Waals surface area contributed by atoms with Crippen LogP contribution in [0.15, 0.2) is 34.8 Å². The maximum absolute atomic E-state index is 13.4. The number of aryl methyl sites for hydroxylation is 1. The van der Waals surface area contributed by atoms with E-state index >= 15 is 0 Å². The van der Waals surface area contributed by atoms with Crippen molar-refractivity contribution < 1.29 is 9.50 Å². The molecule has 0 aliphatic rings. The van der Waals surface area contributed by atoms with Crippen LogP contribution >= 0.6 is 27.3 Å². The van der Waals surface area contributed by atoms with Crippen molar-refractivity contribution in [2.24, 2.45) is 0 Å². The zero-order chi connectivity index (χ0) is 13.1. The zero-order valence-corrected chi connectivity index (χ0v) is 12.4. The number of thiophene rings is 1. The Hall–Kier alpha value is -0.710. The van der Waals surface area contributed by atoms with E-state index in [0.717, 1.165) is 11.3 Å². The van der Waals surface area contributed by atoms with E-state index in [1.165, 1.54) is 10.9 Å². The van der Waals surface area contributed by atoms with Gasteiger partial charge in [0.1, 0.15) is 5.82 Å². The number of halogens is 2. The molecule has 1 aromatic carbocycles. The Morgan fingerprint density at radius 1 is 1.28 bits per heavy atom. The molecule has 1 N–H and O–H groups in total. The fourth-order valence-corrected chi connectivity index (χ4v) is 3.32. The van der Waals surface area contributed by atoms with Gasteiger partial charge in [0, 0.05) is 16.2 Å². The van der Waals surface area contributed by atoms with E-state index in [1.807, 2.05) is 6.07 Å². The predicted molar refractivity (Wildman–Crippen MR) is 76.5 cm³/mol. The molecule has 4 heteroatoms. The van der Waals surface area contributed by atoms with Gasteiger partial charge in [-0.15, -0.1) is 11.3 Å². The molecule has 0 bridgehead atoms. The van der Waals surface area contributed by atoms with Crippen molar-refractivity contribution >= 4 is 27.3 Å². The van der Waals surface area contributed by atoms with Gasteiger partial charge in [-0.2, -0.15) is 0 Å². The molecule has 0 aliphatic heterocycles. The van der Waals surface area contributed by atoms with E-state index in [4.69, 9.17) is 0 Å². The summed E-state index contributed by atoms with van der Waals surface area (Å²) in [5.41, 5.74) is 0.599. The molecular weight excluding hydrogens is 315 g/mol. The Bertz CT molecular complexity index is 538. The molecule has 1 atom stereocenters. The fourth-order valence-electron chi connectivity index (χ4n) is 1.80. The monoisotopic (exact) mass is 328 g/mol. The first kappa shape index (κ1) is 13.7. The normalized spacial score (nSPS) is 12.7. The summed E-state index contributed by atoms with van der Waals surface area (Å²) < 4.78 is 13.7. The largest absolute Gasteiger partial charge is 0.388 e. The molecule has 0 spiro atoms. The summed E-state index contributed by atoms with van der Waals surface area (Å²) in [5, 5.41) is 10.2. The molecule has 96 valence electrons. The first-order chi connectivity index (χ1) is 8.61. The van der Waals surface area contributed by atoms with Crippen LogP contribution in [-0.4, -0.2) is 5.11 Å². The summed E-state index contributed by atoms with van der Waals surface area (Å²) in [4.78, 5) is 2.42. The first-order valence-electron chi connectivity index (χ1n) is 5.81. The molecule has 18 heavy (non-hydrogen) atoms. The minimum Gasteiger partial charge on any atom is -0.388 e. The van der Waals surface area contributed by atoms with Crippen LogP contribution in [0.1, 0.15) is 28.3 Å². The van der Waals surface area contributed by atoms with E-state index in [-0.39, 0.29) is 5.82 Å². The summed E-state index contributed by atoms with van der Waals surface area (Å²) in [5.74, 6) is -0.341. The molecule has 0 amide bonds. The molecule has 1 aromatic heterocycles. The van der Waals surface area contributed by atoms with E-state index in [1.54, 1.807) is 23.5 Å². The van der Waals surface area contributed by atoms with Gasteiger partial charge in [-0.25, -0.2) is 4.39 Å². The van der Waals surface area contributed by atoms with Crippen molar-refractivity contribution in [2.75, 3.05) is 0 Å². The second kappa shape index (κ2) is 5.95. The summed E-state index contributed by atoms with van der Waals surface area (Å²) in [7, 11) is 0. The number of aliphatic hydroxyl groups is 1. The maximum Gasteiger partial charge on any atom is 0.137 e. The third-order valence-electron chi connectivity index (χ3n) is 2.80. The van der Waals surface area contributed by atoms with Crippen LogP contribution in [0.5, 0.6) is 0 Å². The lowest BCUT2D eigenvalue weighted by Crippen LogP contribution is -2.02. The number of aliphatic hydroxyl groups excluding tert-OH is 1. The molecular formula is C14H14BrFOS. The lowest BCUT2D eigenvalue weighted by molar-refractivity contribution is 0.178. The van der Waals surface area contributed by atoms with Gasteiger partial charge in [-0.05, 0) is 46.1 Å². The van der Waals surface area contributed by atoms with Crippen LogP contribution in [0.25, 0.3) is 0 Å². The molecule has 2 aromatic rings. The average Bonchev–Trinajstić information content (AvgIpc) is 2.80. The topological polar surface area (TPSA) is 20.2 Å². The molecule has 2 rings (SSSR count). The van der Waals surface area contributed by atoms with Crippen LogP contribution in [0.3, 0.4) is 0 Å². The van der Waals surface area contributed by atoms with Gasteiger partial charge >= 0.3 is 0 Å². The zero-order valence-electron chi connectivity index (χ0n) is 9.99. The van der Waals surface area contributed by atoms with Crippen LogP contribution in [0, 0.1) is 5.82 Å². The Labute approximate surface area is 118 Å². The molecule has 0 fully saturated rings. The first-order valence-corrected chi connectivity index (χ1v) is 7.42. The summed E-state index contributed by atoms with van der Waals surface area (Å²) in [6.45, 7) is 2.11. The minimum atomic E-state index is -0.682. The lowest BCUT2D eigenvalue weighted by atomic mass is 10.1. The molecule has 1 heterocycles. The van der Waals surface area contributed by atoms with Crippen molar-refractivity contribution in [3.63, 3.8) is 0 Å². The minimum absolute atomic E-state index is 0.341. The molecule has 1 nitrogen and oxygen atoms in total. The molecule has 0 saturated heterocycles. The SMILES string of the molecule is CCc1ccc(CC(O)c2cccc(F)c2Br)s1. The van der Waals surface area contributed by atoms with Gasteiger partial charge in [0.15, 0.2) is 0 Å². The van der Waals surface area contributed by atoms with Gasteiger partial charge in [0.2, 0.25) is 0 Å². The highest BCUT2D eigenvalue weighted by Gasteiger charge is 2.15. The summed E-state index contributed by atoms with van der Waals surface area (Å²) >= 11 is 4.88. The lowest BCUT2D eigenvalue weighted by Gasteiger charge is -2.12. The van der Waals surface area contributed by atoms with Crippen molar-refractivity contribution in [1.82, 2.24) is 0 Å². The molecule has 0 radical (unpaired) electrons. The predicted octanol–water partition coefficient (Wildman–Crippen LogP) is 4.49. The smallest absolute Gasteiger partial charge is 0.137 e. The molecule has 1 unspecified atom stereocenters. The molecule has 0 saturated carbocycles. The van der Waals surface area contributed by atoms with E-state index < -0.39 is 6.10 Å². The standard InChI is InChI=1S/C14H14BrFOS/c1-2-9-6-7-10(18-9)8-13(17)11-4-3-5-12(16)14(11)15/h3-7,13,17H,2,8H2,1H3. The van der Waals surface area contributed by atoms with Crippen molar-refractivity contribution in [1.29, 1.82) is 0 Å². The van der Waals surface area contributed by atoms with E-state index in [2.05, 4.69) is 28.9 Å². The Balaban J connectivity index is 2.16. The van der Waals surface area contributed by atoms with Crippen molar-refractivity contribution in [3.05, 3.63) is 55.9 Å².